The van der Waals surface area contributed by atoms with Crippen LogP contribution in [0.1, 0.15) is 44.6 Å². The Morgan fingerprint density at radius 3 is 2.46 bits per heavy atom. The average Bonchev–Trinajstić information content (AvgIpc) is 3.13. The third kappa shape index (κ3) is 4.65. The van der Waals surface area contributed by atoms with Crippen molar-refractivity contribution >= 4 is 15.9 Å². The molecule has 2 aliphatic heterocycles. The fourth-order valence-electron chi connectivity index (χ4n) is 3.98. The molecule has 1 aromatic carbocycles. The SMILES string of the molecule is CC1CCN(C(=O)[C@@H]2CCCN2S(=O)(=O)CCCc2ccccc2)CC1. The molecule has 2 heterocycles. The van der Waals surface area contributed by atoms with Crippen LogP contribution in [0.3, 0.4) is 0 Å². The highest BCUT2D eigenvalue weighted by Gasteiger charge is 2.40. The minimum absolute atomic E-state index is 0.0148. The predicted octanol–water partition coefficient (Wildman–Crippen LogP) is 2.67. The van der Waals surface area contributed by atoms with Gasteiger partial charge in [0, 0.05) is 19.6 Å². The normalized spacial score (nSPS) is 22.7. The first kappa shape index (κ1) is 19.4. The molecule has 0 radical (unpaired) electrons. The van der Waals surface area contributed by atoms with Crippen LogP contribution in [0, 0.1) is 5.92 Å². The van der Waals surface area contributed by atoms with Crippen molar-refractivity contribution in [2.24, 2.45) is 5.92 Å². The van der Waals surface area contributed by atoms with E-state index in [1.54, 1.807) is 0 Å². The lowest BCUT2D eigenvalue weighted by molar-refractivity contribution is -0.135. The Balaban J connectivity index is 1.58. The second-order valence-electron chi connectivity index (χ2n) is 7.68. The molecule has 0 spiro atoms. The largest absolute Gasteiger partial charge is 0.341 e. The summed E-state index contributed by atoms with van der Waals surface area (Å²) in [6.45, 7) is 4.21. The van der Waals surface area contributed by atoms with Crippen LogP contribution < -0.4 is 0 Å². The van der Waals surface area contributed by atoms with Crippen molar-refractivity contribution in [3.8, 4) is 0 Å². The van der Waals surface area contributed by atoms with Gasteiger partial charge >= 0.3 is 0 Å². The Morgan fingerprint density at radius 2 is 1.77 bits per heavy atom. The highest BCUT2D eigenvalue weighted by Crippen LogP contribution is 2.26. The summed E-state index contributed by atoms with van der Waals surface area (Å²) in [6, 6.07) is 9.46. The molecule has 144 valence electrons. The van der Waals surface area contributed by atoms with Gasteiger partial charge in [0.1, 0.15) is 6.04 Å². The van der Waals surface area contributed by atoms with Crippen molar-refractivity contribution in [2.75, 3.05) is 25.4 Å². The molecule has 1 amide bonds. The summed E-state index contributed by atoms with van der Waals surface area (Å²) in [5, 5.41) is 0. The molecular formula is C20H30N2O3S. The molecule has 1 aromatic rings. The number of hydrogen-bond acceptors (Lipinski definition) is 3. The molecule has 0 unspecified atom stereocenters. The molecule has 0 aromatic heterocycles. The highest BCUT2D eigenvalue weighted by atomic mass is 32.2. The third-order valence-corrected chi connectivity index (χ3v) is 7.61. The number of carbonyl (C=O) groups is 1. The van der Waals surface area contributed by atoms with Gasteiger partial charge in [0.05, 0.1) is 5.75 Å². The maximum Gasteiger partial charge on any atom is 0.241 e. The van der Waals surface area contributed by atoms with E-state index in [1.807, 2.05) is 35.2 Å². The van der Waals surface area contributed by atoms with Crippen molar-refractivity contribution < 1.29 is 13.2 Å². The molecule has 0 aliphatic carbocycles. The Labute approximate surface area is 157 Å². The van der Waals surface area contributed by atoms with Gasteiger partial charge in [-0.15, -0.1) is 0 Å². The smallest absolute Gasteiger partial charge is 0.241 e. The monoisotopic (exact) mass is 378 g/mol. The number of rotatable bonds is 6. The molecule has 2 aliphatic rings. The van der Waals surface area contributed by atoms with Gasteiger partial charge in [-0.05, 0) is 50.0 Å². The Morgan fingerprint density at radius 1 is 1.08 bits per heavy atom. The van der Waals surface area contributed by atoms with Gasteiger partial charge in [-0.1, -0.05) is 37.3 Å². The molecule has 2 saturated heterocycles. The minimum Gasteiger partial charge on any atom is -0.341 e. The van der Waals surface area contributed by atoms with E-state index in [-0.39, 0.29) is 11.7 Å². The summed E-state index contributed by atoms with van der Waals surface area (Å²) in [6.07, 6.45) is 4.80. The minimum atomic E-state index is -3.39. The number of piperidine rings is 1. The molecule has 0 saturated carbocycles. The number of sulfonamides is 1. The second-order valence-corrected chi connectivity index (χ2v) is 9.72. The lowest BCUT2D eigenvalue weighted by Crippen LogP contribution is -2.50. The molecular weight excluding hydrogens is 348 g/mol. The van der Waals surface area contributed by atoms with Crippen LogP contribution >= 0.6 is 0 Å². The summed E-state index contributed by atoms with van der Waals surface area (Å²) >= 11 is 0. The van der Waals surface area contributed by atoms with E-state index < -0.39 is 16.1 Å². The van der Waals surface area contributed by atoms with E-state index >= 15 is 0 Å². The predicted molar refractivity (Wildman–Crippen MR) is 103 cm³/mol. The summed E-state index contributed by atoms with van der Waals surface area (Å²) in [7, 11) is -3.39. The number of nitrogens with zero attached hydrogens (tertiary/aromatic N) is 2. The maximum atomic E-state index is 12.9. The van der Waals surface area contributed by atoms with E-state index in [0.717, 1.165) is 44.3 Å². The highest BCUT2D eigenvalue weighted by molar-refractivity contribution is 7.89. The van der Waals surface area contributed by atoms with Crippen LogP contribution in [0.25, 0.3) is 0 Å². The first-order valence-electron chi connectivity index (χ1n) is 9.79. The first-order valence-corrected chi connectivity index (χ1v) is 11.4. The van der Waals surface area contributed by atoms with E-state index in [2.05, 4.69) is 6.92 Å². The van der Waals surface area contributed by atoms with Crippen LogP contribution in [0.2, 0.25) is 0 Å². The summed E-state index contributed by atoms with van der Waals surface area (Å²) in [5.41, 5.74) is 1.15. The quantitative estimate of drug-likeness (QED) is 0.765. The molecule has 2 fully saturated rings. The zero-order valence-corrected chi connectivity index (χ0v) is 16.5. The second kappa shape index (κ2) is 8.53. The van der Waals surface area contributed by atoms with E-state index in [1.165, 1.54) is 4.31 Å². The summed E-state index contributed by atoms with van der Waals surface area (Å²) in [5.74, 6) is 0.782. The summed E-state index contributed by atoms with van der Waals surface area (Å²) < 4.78 is 27.1. The van der Waals surface area contributed by atoms with Gasteiger partial charge in [0.25, 0.3) is 0 Å². The van der Waals surface area contributed by atoms with Crippen LogP contribution in [0.4, 0.5) is 0 Å². The fourth-order valence-corrected chi connectivity index (χ4v) is 5.71. The van der Waals surface area contributed by atoms with Crippen LogP contribution in [-0.4, -0.2) is 55.0 Å². The number of amides is 1. The Bertz CT molecular complexity index is 697. The van der Waals surface area contributed by atoms with Gasteiger partial charge in [-0.25, -0.2) is 8.42 Å². The number of carbonyl (C=O) groups excluding carboxylic acids is 1. The van der Waals surface area contributed by atoms with Crippen molar-refractivity contribution in [1.29, 1.82) is 0 Å². The van der Waals surface area contributed by atoms with E-state index in [4.69, 9.17) is 0 Å². The Hall–Kier alpha value is -1.40. The topological polar surface area (TPSA) is 57.7 Å². The van der Waals surface area contributed by atoms with E-state index in [0.29, 0.717) is 25.3 Å². The zero-order chi connectivity index (χ0) is 18.6. The number of hydrogen-bond donors (Lipinski definition) is 0. The van der Waals surface area contributed by atoms with Crippen molar-refractivity contribution in [3.63, 3.8) is 0 Å². The van der Waals surface area contributed by atoms with E-state index in [9.17, 15) is 13.2 Å². The van der Waals surface area contributed by atoms with Gasteiger partial charge < -0.3 is 4.90 Å². The molecule has 0 bridgehead atoms. The number of aryl methyl sites for hydroxylation is 1. The van der Waals surface area contributed by atoms with Crippen molar-refractivity contribution in [3.05, 3.63) is 35.9 Å². The standard InChI is InChI=1S/C20H30N2O3S/c1-17-11-14-21(15-12-17)20(23)19-10-5-13-22(19)26(24,25)16-6-9-18-7-3-2-4-8-18/h2-4,7-8,17,19H,5-6,9-16H2,1H3/t19-/m0/s1. The number of likely N-dealkylation sites (tertiary alicyclic amines) is 1. The average molecular weight is 379 g/mol. The molecule has 3 rings (SSSR count). The molecule has 6 heteroatoms. The maximum absolute atomic E-state index is 12.9. The molecule has 26 heavy (non-hydrogen) atoms. The molecule has 5 nitrogen and oxygen atoms in total. The lowest BCUT2D eigenvalue weighted by atomic mass is 9.98. The Kier molecular flexibility index (Phi) is 6.35. The van der Waals surface area contributed by atoms with Crippen molar-refractivity contribution in [2.45, 2.75) is 51.5 Å². The summed E-state index contributed by atoms with van der Waals surface area (Å²) in [4.78, 5) is 14.8. The van der Waals surface area contributed by atoms with Crippen molar-refractivity contribution in [1.82, 2.24) is 9.21 Å². The van der Waals surface area contributed by atoms with Crippen LogP contribution in [-0.2, 0) is 21.2 Å². The fraction of sp³-hybridized carbons (Fsp3) is 0.650. The number of benzene rings is 1. The molecule has 0 N–H and O–H groups in total. The van der Waals surface area contributed by atoms with Gasteiger partial charge in [0.2, 0.25) is 15.9 Å². The van der Waals surface area contributed by atoms with Gasteiger partial charge in [0.15, 0.2) is 0 Å². The van der Waals surface area contributed by atoms with Crippen LogP contribution in [0.15, 0.2) is 30.3 Å². The molecule has 1 atom stereocenters. The third-order valence-electron chi connectivity index (χ3n) is 5.65. The lowest BCUT2D eigenvalue weighted by Gasteiger charge is -2.34. The van der Waals surface area contributed by atoms with Gasteiger partial charge in [-0.2, -0.15) is 4.31 Å². The zero-order valence-electron chi connectivity index (χ0n) is 15.6. The van der Waals surface area contributed by atoms with Gasteiger partial charge in [-0.3, -0.25) is 4.79 Å². The van der Waals surface area contributed by atoms with Crippen LogP contribution in [0.5, 0.6) is 0 Å². The first-order chi connectivity index (χ1) is 12.5.